The van der Waals surface area contributed by atoms with Crippen LogP contribution in [0.1, 0.15) is 74.5 Å². The predicted octanol–water partition coefficient (Wildman–Crippen LogP) is 8.23. The minimum atomic E-state index is -0.316. The van der Waals surface area contributed by atoms with Gasteiger partial charge in [0.05, 0.1) is 26.9 Å². The number of para-hydroxylation sites is 1. The van der Waals surface area contributed by atoms with E-state index in [9.17, 15) is 34.2 Å². The number of carbonyl (C=O) groups excluding carboxylic acids is 5. The summed E-state index contributed by atoms with van der Waals surface area (Å²) in [6, 6.07) is 37.3. The second-order valence-corrected chi connectivity index (χ2v) is 14.3. The molecule has 0 saturated carbocycles. The quantitative estimate of drug-likeness (QED) is 0.0474. The summed E-state index contributed by atoms with van der Waals surface area (Å²) in [5, 5.41) is 41.9. The third-order valence-corrected chi connectivity index (χ3v) is 9.59. The van der Waals surface area contributed by atoms with E-state index in [4.69, 9.17) is 27.2 Å². The number of aliphatic hydroxyl groups is 3. The van der Waals surface area contributed by atoms with Crippen molar-refractivity contribution in [2.24, 2.45) is 0 Å². The molecule has 338 valence electrons. The molecule has 0 fully saturated rings. The van der Waals surface area contributed by atoms with Gasteiger partial charge in [-0.05, 0) is 97.1 Å². The monoisotopic (exact) mass is 902 g/mol. The van der Waals surface area contributed by atoms with E-state index in [2.05, 4.69) is 26.6 Å². The van der Waals surface area contributed by atoms with E-state index in [0.717, 1.165) is 5.69 Å². The van der Waals surface area contributed by atoms with Crippen LogP contribution in [-0.4, -0.2) is 52.0 Å². The second-order valence-electron chi connectivity index (χ2n) is 13.9. The van der Waals surface area contributed by atoms with Crippen molar-refractivity contribution < 1.29 is 44.0 Å². The van der Waals surface area contributed by atoms with Gasteiger partial charge in [0, 0.05) is 85.4 Å². The maximum absolute atomic E-state index is 12.4. The minimum absolute atomic E-state index is 0.133. The van der Waals surface area contributed by atoms with Gasteiger partial charge in [-0.3, -0.25) is 24.0 Å². The molecule has 6 aromatic carbocycles. The summed E-state index contributed by atoms with van der Waals surface area (Å²) in [6.45, 7) is 2.88. The Morgan fingerprint density at radius 3 is 1.28 bits per heavy atom. The largest absolute Gasteiger partial charge is 0.497 e. The number of nitrogens with one attached hydrogen (secondary N) is 5. The lowest BCUT2D eigenvalue weighted by Crippen LogP contribution is -2.15. The first kappa shape index (κ1) is 50.1. The molecule has 0 aliphatic heterocycles. The van der Waals surface area contributed by atoms with Crippen LogP contribution in [0.25, 0.3) is 0 Å². The van der Waals surface area contributed by atoms with Crippen LogP contribution in [0.4, 0.5) is 34.1 Å². The molecule has 5 amide bonds. The van der Waals surface area contributed by atoms with E-state index in [1.807, 2.05) is 30.3 Å². The summed E-state index contributed by atoms with van der Waals surface area (Å²) in [5.41, 5.74) is 11.9. The van der Waals surface area contributed by atoms with Crippen LogP contribution in [0.15, 0.2) is 133 Å². The van der Waals surface area contributed by atoms with Gasteiger partial charge in [0.2, 0.25) is 11.8 Å². The summed E-state index contributed by atoms with van der Waals surface area (Å²) in [7, 11) is 1.57. The number of amides is 5. The van der Waals surface area contributed by atoms with Gasteiger partial charge in [0.25, 0.3) is 17.7 Å². The molecule has 15 nitrogen and oxygen atoms in total. The number of hydrogen-bond donors (Lipinski definition) is 9. The van der Waals surface area contributed by atoms with Gasteiger partial charge in [-0.25, -0.2) is 0 Å². The fraction of sp³-hybridized carbons (Fsp3) is 0.163. The topological polar surface area (TPSA) is 241 Å². The van der Waals surface area contributed by atoms with E-state index >= 15 is 0 Å². The van der Waals surface area contributed by atoms with Gasteiger partial charge in [0.15, 0.2) is 0 Å². The molecule has 0 aliphatic carbocycles. The molecular formula is C49H51ClN6O9. The van der Waals surface area contributed by atoms with Crippen molar-refractivity contribution in [3.63, 3.8) is 0 Å². The number of halogens is 1. The molecule has 0 heterocycles. The lowest BCUT2D eigenvalue weighted by atomic mass is 10.1. The fourth-order valence-electron chi connectivity index (χ4n) is 5.64. The number of carbonyl (C=O) groups is 5. The standard InChI is InChI=1S/C18H20N2O4.C17H17ClN2O3.C14H14N2O2/c1-3-17(22)20-16-10-12(4-5-13(16)11-21)18(23)19-14-6-8-15(24-2)9-7-14;1-2-16(22)20-15-9-11(3-4-12(15)10-21)17(23)19-14-7-5-13(18)6-8-14;15-13-8-10(6-7-11(13)9-17)14(18)16-12-4-2-1-3-5-12/h4-10,21H,3,11H2,1-2H3,(H,19,23)(H,20,22);3-9,21H,2,10H2,1H3,(H,19,23)(H,20,22);1-8,17H,9,15H2,(H,16,18). The number of aliphatic hydroxyl groups excluding tert-OH is 3. The molecular weight excluding hydrogens is 852 g/mol. The Balaban J connectivity index is 0.000000216. The van der Waals surface area contributed by atoms with Crippen molar-refractivity contribution in [1.82, 2.24) is 0 Å². The molecule has 0 unspecified atom stereocenters. The van der Waals surface area contributed by atoms with E-state index in [1.54, 1.807) is 124 Å². The van der Waals surface area contributed by atoms with Crippen LogP contribution in [0.5, 0.6) is 5.75 Å². The predicted molar refractivity (Wildman–Crippen MR) is 254 cm³/mol. The van der Waals surface area contributed by atoms with Crippen LogP contribution in [0.3, 0.4) is 0 Å². The van der Waals surface area contributed by atoms with Crippen molar-refractivity contribution in [1.29, 1.82) is 0 Å². The molecule has 0 radical (unpaired) electrons. The third kappa shape index (κ3) is 15.6. The third-order valence-electron chi connectivity index (χ3n) is 9.34. The van der Waals surface area contributed by atoms with E-state index in [1.165, 1.54) is 0 Å². The number of rotatable bonds is 14. The second kappa shape index (κ2) is 25.5. The maximum Gasteiger partial charge on any atom is 0.255 e. The zero-order chi connectivity index (χ0) is 47.3. The SMILES string of the molecule is CCC(=O)Nc1cc(C(=O)Nc2ccc(Cl)cc2)ccc1CO.CCC(=O)Nc1cc(C(=O)Nc2ccc(OC)cc2)ccc1CO.Nc1cc(C(=O)Nc2ccccc2)ccc1CO. The van der Waals surface area contributed by atoms with E-state index in [-0.39, 0.29) is 49.4 Å². The number of ether oxygens (including phenoxy) is 1. The van der Waals surface area contributed by atoms with Crippen molar-refractivity contribution in [3.8, 4) is 5.75 Å². The highest BCUT2D eigenvalue weighted by molar-refractivity contribution is 6.30. The molecule has 65 heavy (non-hydrogen) atoms. The zero-order valence-corrected chi connectivity index (χ0v) is 36.7. The molecule has 6 rings (SSSR count). The highest BCUT2D eigenvalue weighted by atomic mass is 35.5. The maximum atomic E-state index is 12.4. The molecule has 0 atom stereocenters. The van der Waals surface area contributed by atoms with Gasteiger partial charge >= 0.3 is 0 Å². The smallest absolute Gasteiger partial charge is 0.255 e. The molecule has 16 heteroatoms. The number of nitrogen functional groups attached to an aromatic ring is 1. The lowest BCUT2D eigenvalue weighted by molar-refractivity contribution is -0.116. The van der Waals surface area contributed by atoms with Crippen LogP contribution in [0.2, 0.25) is 5.02 Å². The van der Waals surface area contributed by atoms with Crippen molar-refractivity contribution in [2.45, 2.75) is 46.5 Å². The normalized spacial score (nSPS) is 10.1. The molecule has 0 aromatic heterocycles. The highest BCUT2D eigenvalue weighted by Crippen LogP contribution is 2.23. The van der Waals surface area contributed by atoms with Gasteiger partial charge in [-0.15, -0.1) is 0 Å². The Hall–Kier alpha value is -7.56. The summed E-state index contributed by atoms with van der Waals surface area (Å²) in [6.07, 6.45) is 0.624. The van der Waals surface area contributed by atoms with Gasteiger partial charge in [-0.2, -0.15) is 0 Å². The minimum Gasteiger partial charge on any atom is -0.497 e. The van der Waals surface area contributed by atoms with Crippen molar-refractivity contribution >= 4 is 75.3 Å². The van der Waals surface area contributed by atoms with E-state index in [0.29, 0.717) is 85.4 Å². The van der Waals surface area contributed by atoms with Crippen LogP contribution in [-0.2, 0) is 29.4 Å². The molecule has 0 aliphatic rings. The van der Waals surface area contributed by atoms with Gasteiger partial charge < -0.3 is 52.4 Å². The van der Waals surface area contributed by atoms with Crippen molar-refractivity contribution in [3.05, 3.63) is 172 Å². The summed E-state index contributed by atoms with van der Waals surface area (Å²) in [5.74, 6) is -0.518. The summed E-state index contributed by atoms with van der Waals surface area (Å²) >= 11 is 5.80. The number of methoxy groups -OCH3 is 1. The fourth-order valence-corrected chi connectivity index (χ4v) is 5.77. The average Bonchev–Trinajstić information content (AvgIpc) is 3.33. The number of hydrogen-bond acceptors (Lipinski definition) is 10. The first-order valence-corrected chi connectivity index (χ1v) is 20.6. The van der Waals surface area contributed by atoms with Crippen LogP contribution in [0, 0.1) is 0 Å². The number of anilines is 6. The molecule has 0 bridgehead atoms. The van der Waals surface area contributed by atoms with E-state index < -0.39 is 0 Å². The highest BCUT2D eigenvalue weighted by Gasteiger charge is 2.14. The Bertz CT molecular complexity index is 2560. The first-order valence-electron chi connectivity index (χ1n) is 20.3. The zero-order valence-electron chi connectivity index (χ0n) is 36.0. The van der Waals surface area contributed by atoms with Gasteiger partial charge in [0.1, 0.15) is 5.75 Å². The number of nitrogens with two attached hydrogens (primary N) is 1. The Morgan fingerprint density at radius 1 is 0.508 bits per heavy atom. The lowest BCUT2D eigenvalue weighted by Gasteiger charge is -2.12. The van der Waals surface area contributed by atoms with Crippen LogP contribution < -0.4 is 37.1 Å². The molecule has 10 N–H and O–H groups in total. The summed E-state index contributed by atoms with van der Waals surface area (Å²) in [4.78, 5) is 59.7. The van der Waals surface area contributed by atoms with Gasteiger partial charge in [-0.1, -0.05) is 61.8 Å². The molecule has 6 aromatic rings. The summed E-state index contributed by atoms with van der Waals surface area (Å²) < 4.78 is 5.07. The Labute approximate surface area is 381 Å². The average molecular weight is 903 g/mol. The molecule has 0 saturated heterocycles. The molecule has 0 spiro atoms. The van der Waals surface area contributed by atoms with Crippen LogP contribution >= 0.6 is 11.6 Å². The first-order chi connectivity index (χ1) is 31.3. The Kier molecular flexibility index (Phi) is 19.7. The Morgan fingerprint density at radius 2 is 0.892 bits per heavy atom. The van der Waals surface area contributed by atoms with Crippen molar-refractivity contribution in [2.75, 3.05) is 39.4 Å². The number of benzene rings is 6.